The van der Waals surface area contributed by atoms with Crippen molar-refractivity contribution in [3.8, 4) is 6.07 Å². The van der Waals surface area contributed by atoms with E-state index in [1.807, 2.05) is 23.2 Å². The average molecular weight is 327 g/mol. The predicted octanol–water partition coefficient (Wildman–Crippen LogP) is 1.93. The molecule has 0 N–H and O–H groups in total. The Morgan fingerprint density at radius 3 is 2.74 bits per heavy atom. The maximum absolute atomic E-state index is 12.4. The largest absolute Gasteiger partial charge is 0.335 e. The first kappa shape index (κ1) is 15.6. The van der Waals surface area contributed by atoms with Crippen LogP contribution in [0.3, 0.4) is 0 Å². The van der Waals surface area contributed by atoms with Gasteiger partial charge >= 0.3 is 0 Å². The monoisotopic (exact) mass is 327 g/mol. The molecular weight excluding hydrogens is 310 g/mol. The van der Waals surface area contributed by atoms with Gasteiger partial charge in [-0.25, -0.2) is 4.98 Å². The number of hydrogen-bond donors (Lipinski definition) is 0. The van der Waals surface area contributed by atoms with Crippen LogP contribution in [-0.4, -0.2) is 51.9 Å². The van der Waals surface area contributed by atoms with Crippen LogP contribution < -0.4 is 0 Å². The second kappa shape index (κ2) is 6.86. The molecule has 6 nitrogen and oxygen atoms in total. The van der Waals surface area contributed by atoms with E-state index >= 15 is 0 Å². The number of amides is 1. The summed E-state index contributed by atoms with van der Waals surface area (Å²) in [6.45, 7) is 5.18. The lowest BCUT2D eigenvalue weighted by molar-refractivity contribution is 0.0586. The molecule has 2 aromatic rings. The van der Waals surface area contributed by atoms with Crippen molar-refractivity contribution in [2.75, 3.05) is 26.2 Å². The van der Waals surface area contributed by atoms with Crippen molar-refractivity contribution in [1.29, 1.82) is 5.26 Å². The highest BCUT2D eigenvalue weighted by Crippen LogP contribution is 2.22. The van der Waals surface area contributed by atoms with Gasteiger partial charge in [-0.15, -0.1) is 0 Å². The molecular formula is C16H17N5OS. The van der Waals surface area contributed by atoms with Gasteiger partial charge in [-0.3, -0.25) is 14.7 Å². The van der Waals surface area contributed by atoms with E-state index in [0.717, 1.165) is 24.4 Å². The van der Waals surface area contributed by atoms with E-state index < -0.39 is 0 Å². The molecule has 0 saturated carbocycles. The molecule has 0 spiro atoms. The van der Waals surface area contributed by atoms with Gasteiger partial charge in [0, 0.05) is 44.6 Å². The zero-order chi connectivity index (χ0) is 16.2. The topological polar surface area (TPSA) is 73.1 Å². The molecule has 0 radical (unpaired) electrons. The number of rotatable bonds is 3. The van der Waals surface area contributed by atoms with E-state index in [2.05, 4.69) is 27.9 Å². The number of pyridine rings is 1. The molecule has 1 fully saturated rings. The zero-order valence-corrected chi connectivity index (χ0v) is 13.7. The maximum atomic E-state index is 12.4. The summed E-state index contributed by atoms with van der Waals surface area (Å²) < 4.78 is 0. The van der Waals surface area contributed by atoms with Crippen molar-refractivity contribution in [3.63, 3.8) is 0 Å². The van der Waals surface area contributed by atoms with Crippen molar-refractivity contribution in [2.24, 2.45) is 0 Å². The van der Waals surface area contributed by atoms with Gasteiger partial charge in [0.1, 0.15) is 10.9 Å². The first-order chi connectivity index (χ1) is 11.2. The lowest BCUT2D eigenvalue weighted by Gasteiger charge is -2.37. The van der Waals surface area contributed by atoms with E-state index in [0.29, 0.717) is 23.0 Å². The van der Waals surface area contributed by atoms with Crippen LogP contribution in [0.4, 0.5) is 0 Å². The van der Waals surface area contributed by atoms with Crippen LogP contribution >= 0.6 is 11.3 Å². The molecule has 0 bridgehead atoms. The highest BCUT2D eigenvalue weighted by Gasteiger charge is 2.26. The molecule has 1 aliphatic heterocycles. The van der Waals surface area contributed by atoms with E-state index in [1.165, 1.54) is 11.8 Å². The molecule has 1 aliphatic rings. The molecule has 0 aliphatic carbocycles. The SMILES string of the molecule is C[C@H](c1cccnc1)N1CCN(C(=O)c2cnc(C#N)s2)CC1. The number of thiazole rings is 1. The van der Waals surface area contributed by atoms with E-state index in [-0.39, 0.29) is 11.9 Å². The molecule has 3 heterocycles. The summed E-state index contributed by atoms with van der Waals surface area (Å²) in [6, 6.07) is 6.28. The lowest BCUT2D eigenvalue weighted by Crippen LogP contribution is -2.49. The average Bonchev–Trinajstić information content (AvgIpc) is 3.10. The van der Waals surface area contributed by atoms with Crippen LogP contribution in [-0.2, 0) is 0 Å². The van der Waals surface area contributed by atoms with Crippen molar-refractivity contribution >= 4 is 17.2 Å². The molecule has 1 saturated heterocycles. The van der Waals surface area contributed by atoms with Gasteiger partial charge < -0.3 is 4.90 Å². The Hall–Kier alpha value is -2.30. The Kier molecular flexibility index (Phi) is 4.65. The molecule has 0 aromatic carbocycles. The van der Waals surface area contributed by atoms with Gasteiger partial charge in [-0.05, 0) is 18.6 Å². The standard InChI is InChI=1S/C16H17N5OS/c1-12(13-3-2-4-18-10-13)20-5-7-21(8-6-20)16(22)14-11-19-15(9-17)23-14/h2-4,10-12H,5-8H2,1H3/t12-/m1/s1. The van der Waals surface area contributed by atoms with Gasteiger partial charge in [-0.2, -0.15) is 5.26 Å². The third-order valence-corrected chi connectivity index (χ3v) is 5.02. The minimum Gasteiger partial charge on any atom is -0.335 e. The summed E-state index contributed by atoms with van der Waals surface area (Å²) in [7, 11) is 0. The van der Waals surface area contributed by atoms with Gasteiger partial charge in [0.2, 0.25) is 0 Å². The minimum absolute atomic E-state index is 0.0299. The van der Waals surface area contributed by atoms with E-state index in [1.54, 1.807) is 6.20 Å². The number of piperazine rings is 1. The van der Waals surface area contributed by atoms with Gasteiger partial charge in [0.05, 0.1) is 6.20 Å². The van der Waals surface area contributed by atoms with Crippen LogP contribution in [0.5, 0.6) is 0 Å². The molecule has 0 unspecified atom stereocenters. The smallest absolute Gasteiger partial charge is 0.265 e. The van der Waals surface area contributed by atoms with Gasteiger partial charge in [-0.1, -0.05) is 17.4 Å². The summed E-state index contributed by atoms with van der Waals surface area (Å²) in [5, 5.41) is 9.14. The number of nitrogens with zero attached hydrogens (tertiary/aromatic N) is 5. The fourth-order valence-corrected chi connectivity index (χ4v) is 3.41. The number of nitriles is 1. The molecule has 23 heavy (non-hydrogen) atoms. The molecule has 1 atom stereocenters. The summed E-state index contributed by atoms with van der Waals surface area (Å²) >= 11 is 1.15. The fourth-order valence-electron chi connectivity index (χ4n) is 2.73. The summed E-state index contributed by atoms with van der Waals surface area (Å²) in [5.74, 6) is -0.0299. The Bertz CT molecular complexity index is 716. The molecule has 2 aromatic heterocycles. The first-order valence-corrected chi connectivity index (χ1v) is 8.30. The summed E-state index contributed by atoms with van der Waals surface area (Å²) in [6.07, 6.45) is 5.16. The van der Waals surface area contributed by atoms with Gasteiger partial charge in [0.15, 0.2) is 5.01 Å². The highest BCUT2D eigenvalue weighted by molar-refractivity contribution is 7.14. The summed E-state index contributed by atoms with van der Waals surface area (Å²) in [4.78, 5) is 25.3. The number of carbonyl (C=O) groups excluding carboxylic acids is 1. The fraction of sp³-hybridized carbons (Fsp3) is 0.375. The third kappa shape index (κ3) is 3.38. The van der Waals surface area contributed by atoms with E-state index in [9.17, 15) is 4.79 Å². The molecule has 3 rings (SSSR count). The van der Waals surface area contributed by atoms with Crippen LogP contribution in [0.1, 0.15) is 33.2 Å². The van der Waals surface area contributed by atoms with E-state index in [4.69, 9.17) is 5.26 Å². The quantitative estimate of drug-likeness (QED) is 0.861. The van der Waals surface area contributed by atoms with Crippen molar-refractivity contribution in [2.45, 2.75) is 13.0 Å². The van der Waals surface area contributed by atoms with Gasteiger partial charge in [0.25, 0.3) is 5.91 Å². The third-order valence-electron chi connectivity index (χ3n) is 4.13. The zero-order valence-electron chi connectivity index (χ0n) is 12.8. The molecule has 7 heteroatoms. The first-order valence-electron chi connectivity index (χ1n) is 7.48. The van der Waals surface area contributed by atoms with Crippen LogP contribution in [0.2, 0.25) is 0 Å². The second-order valence-corrected chi connectivity index (χ2v) is 6.46. The number of carbonyl (C=O) groups is 1. The Morgan fingerprint density at radius 2 is 2.13 bits per heavy atom. The van der Waals surface area contributed by atoms with Crippen LogP contribution in [0.25, 0.3) is 0 Å². The maximum Gasteiger partial charge on any atom is 0.265 e. The van der Waals surface area contributed by atoms with Crippen molar-refractivity contribution in [1.82, 2.24) is 19.8 Å². The van der Waals surface area contributed by atoms with Crippen molar-refractivity contribution in [3.05, 3.63) is 46.2 Å². The highest BCUT2D eigenvalue weighted by atomic mass is 32.1. The lowest BCUT2D eigenvalue weighted by atomic mass is 10.1. The number of aromatic nitrogens is 2. The van der Waals surface area contributed by atoms with Crippen molar-refractivity contribution < 1.29 is 4.79 Å². The molecule has 118 valence electrons. The minimum atomic E-state index is -0.0299. The second-order valence-electron chi connectivity index (χ2n) is 5.43. The molecule has 1 amide bonds. The predicted molar refractivity (Wildman–Crippen MR) is 87.0 cm³/mol. The Balaban J connectivity index is 1.60. The normalized spacial score (nSPS) is 16.8. The number of hydrogen-bond acceptors (Lipinski definition) is 6. The van der Waals surface area contributed by atoms with Crippen LogP contribution in [0, 0.1) is 11.3 Å². The Labute approximate surface area is 139 Å². The Morgan fingerprint density at radius 1 is 1.35 bits per heavy atom. The summed E-state index contributed by atoms with van der Waals surface area (Å²) in [5.41, 5.74) is 1.19. The van der Waals surface area contributed by atoms with Crippen LogP contribution in [0.15, 0.2) is 30.7 Å².